The first-order chi connectivity index (χ1) is 3.41. The molecule has 0 amide bonds. The number of ether oxygens (including phenoxy) is 1. The molecule has 44 valence electrons. The molecule has 0 bridgehead atoms. The SMILES string of the molecule is C=CCOCC=C.[Ge]. The Balaban J connectivity index is 0. The van der Waals surface area contributed by atoms with E-state index >= 15 is 0 Å². The molecule has 0 spiro atoms. The molecular weight excluding hydrogens is 161 g/mol. The molecule has 0 aromatic heterocycles. The summed E-state index contributed by atoms with van der Waals surface area (Å²) in [4.78, 5) is 0. The molecule has 0 heterocycles. The third-order valence-corrected chi connectivity index (χ3v) is 0.471. The van der Waals surface area contributed by atoms with Crippen LogP contribution in [0.3, 0.4) is 0 Å². The van der Waals surface area contributed by atoms with Gasteiger partial charge in [-0.3, -0.25) is 0 Å². The Morgan fingerprint density at radius 2 is 1.50 bits per heavy atom. The monoisotopic (exact) mass is 172 g/mol. The average Bonchev–Trinajstić information content (AvgIpc) is 1.69. The molecule has 2 heteroatoms. The van der Waals surface area contributed by atoms with Gasteiger partial charge in [0.25, 0.3) is 0 Å². The Bertz CT molecular complexity index is 53.5. The summed E-state index contributed by atoms with van der Waals surface area (Å²) in [5.74, 6) is 0. The van der Waals surface area contributed by atoms with Crippen LogP contribution in [0.4, 0.5) is 0 Å². The summed E-state index contributed by atoms with van der Waals surface area (Å²) in [6, 6.07) is 0. The second-order valence-electron chi connectivity index (χ2n) is 1.11. The molecule has 0 N–H and O–H groups in total. The van der Waals surface area contributed by atoms with E-state index in [4.69, 9.17) is 4.74 Å². The molecule has 0 aliphatic rings. The van der Waals surface area contributed by atoms with Crippen LogP contribution in [0, 0.1) is 0 Å². The minimum Gasteiger partial charge on any atom is -0.373 e. The first-order valence-electron chi connectivity index (χ1n) is 2.21. The molecule has 0 atom stereocenters. The van der Waals surface area contributed by atoms with E-state index < -0.39 is 0 Å². The average molecular weight is 171 g/mol. The van der Waals surface area contributed by atoms with Crippen LogP contribution in [0.5, 0.6) is 0 Å². The third-order valence-electron chi connectivity index (χ3n) is 0.471. The van der Waals surface area contributed by atoms with Gasteiger partial charge < -0.3 is 4.74 Å². The normalized spacial score (nSPS) is 7.00. The van der Waals surface area contributed by atoms with Crippen molar-refractivity contribution < 1.29 is 4.74 Å². The van der Waals surface area contributed by atoms with E-state index in [-0.39, 0.29) is 17.6 Å². The number of hydrogen-bond donors (Lipinski definition) is 0. The number of hydrogen-bond acceptors (Lipinski definition) is 1. The third kappa shape index (κ3) is 9.36. The predicted octanol–water partition coefficient (Wildman–Crippen LogP) is 0.994. The van der Waals surface area contributed by atoms with Gasteiger partial charge >= 0.3 is 0 Å². The fourth-order valence-electron chi connectivity index (χ4n) is 0.235. The molecule has 0 aliphatic heterocycles. The van der Waals surface area contributed by atoms with Crippen LogP contribution in [0.2, 0.25) is 0 Å². The number of rotatable bonds is 4. The summed E-state index contributed by atoms with van der Waals surface area (Å²) >= 11 is 0. The Labute approximate surface area is 61.4 Å². The molecule has 0 aliphatic carbocycles. The molecule has 0 rings (SSSR count). The van der Waals surface area contributed by atoms with Crippen LogP contribution in [-0.4, -0.2) is 30.8 Å². The molecular formula is C6H10GeO. The van der Waals surface area contributed by atoms with Crippen molar-refractivity contribution in [3.63, 3.8) is 0 Å². The topological polar surface area (TPSA) is 9.23 Å². The zero-order valence-electron chi connectivity index (χ0n) is 4.89. The largest absolute Gasteiger partial charge is 0.373 e. The van der Waals surface area contributed by atoms with Crippen LogP contribution in [0.1, 0.15) is 0 Å². The van der Waals surface area contributed by atoms with Crippen molar-refractivity contribution in [3.8, 4) is 0 Å². The first kappa shape index (κ1) is 10.9. The Kier molecular flexibility index (Phi) is 13.7. The van der Waals surface area contributed by atoms with Crippen LogP contribution in [0.25, 0.3) is 0 Å². The minimum absolute atomic E-state index is 0. The molecule has 0 saturated heterocycles. The summed E-state index contributed by atoms with van der Waals surface area (Å²) < 4.78 is 4.90. The van der Waals surface area contributed by atoms with Gasteiger partial charge in [0.05, 0.1) is 13.2 Å². The second-order valence-corrected chi connectivity index (χ2v) is 1.11. The quantitative estimate of drug-likeness (QED) is 0.348. The van der Waals surface area contributed by atoms with Crippen LogP contribution in [0.15, 0.2) is 25.3 Å². The summed E-state index contributed by atoms with van der Waals surface area (Å²) in [5.41, 5.74) is 0. The Hall–Kier alpha value is -0.0171. The fraction of sp³-hybridized carbons (Fsp3) is 0.333. The van der Waals surface area contributed by atoms with Gasteiger partial charge in [-0.25, -0.2) is 0 Å². The van der Waals surface area contributed by atoms with E-state index in [1.54, 1.807) is 12.2 Å². The molecule has 0 unspecified atom stereocenters. The van der Waals surface area contributed by atoms with E-state index in [2.05, 4.69) is 13.2 Å². The summed E-state index contributed by atoms with van der Waals surface area (Å²) in [6.07, 6.45) is 3.42. The van der Waals surface area contributed by atoms with Gasteiger partial charge in [-0.15, -0.1) is 13.2 Å². The van der Waals surface area contributed by atoms with Crippen LogP contribution in [-0.2, 0) is 4.74 Å². The summed E-state index contributed by atoms with van der Waals surface area (Å²) in [6.45, 7) is 8.18. The van der Waals surface area contributed by atoms with Gasteiger partial charge in [0, 0.05) is 17.6 Å². The van der Waals surface area contributed by atoms with E-state index in [1.165, 1.54) is 0 Å². The zero-order chi connectivity index (χ0) is 5.54. The summed E-state index contributed by atoms with van der Waals surface area (Å²) in [7, 11) is 0. The minimum atomic E-state index is 0. The van der Waals surface area contributed by atoms with Crippen molar-refractivity contribution in [2.45, 2.75) is 0 Å². The molecule has 0 saturated carbocycles. The molecule has 0 aromatic rings. The fourth-order valence-corrected chi connectivity index (χ4v) is 0.235. The van der Waals surface area contributed by atoms with Gasteiger partial charge in [0.1, 0.15) is 0 Å². The van der Waals surface area contributed by atoms with Gasteiger partial charge in [-0.2, -0.15) is 0 Å². The Morgan fingerprint density at radius 1 is 1.12 bits per heavy atom. The van der Waals surface area contributed by atoms with E-state index in [0.717, 1.165) is 0 Å². The maximum Gasteiger partial charge on any atom is 0.0649 e. The van der Waals surface area contributed by atoms with Crippen molar-refractivity contribution in [2.24, 2.45) is 0 Å². The van der Waals surface area contributed by atoms with Crippen molar-refractivity contribution in [3.05, 3.63) is 25.3 Å². The van der Waals surface area contributed by atoms with Crippen molar-refractivity contribution in [1.82, 2.24) is 0 Å². The van der Waals surface area contributed by atoms with Gasteiger partial charge in [0.15, 0.2) is 0 Å². The zero-order valence-corrected chi connectivity index (χ0v) is 6.99. The second kappa shape index (κ2) is 10.1. The predicted molar refractivity (Wildman–Crippen MR) is 37.0 cm³/mol. The Morgan fingerprint density at radius 3 is 1.75 bits per heavy atom. The van der Waals surface area contributed by atoms with Gasteiger partial charge in [-0.05, 0) is 0 Å². The molecule has 4 radical (unpaired) electrons. The van der Waals surface area contributed by atoms with Crippen molar-refractivity contribution >= 4 is 17.6 Å². The summed E-state index contributed by atoms with van der Waals surface area (Å²) in [5, 5.41) is 0. The maximum absolute atomic E-state index is 4.90. The van der Waals surface area contributed by atoms with Crippen molar-refractivity contribution in [1.29, 1.82) is 0 Å². The maximum atomic E-state index is 4.90. The first-order valence-corrected chi connectivity index (χ1v) is 2.21. The van der Waals surface area contributed by atoms with E-state index in [1.807, 2.05) is 0 Å². The van der Waals surface area contributed by atoms with Crippen LogP contribution >= 0.6 is 0 Å². The molecule has 8 heavy (non-hydrogen) atoms. The van der Waals surface area contributed by atoms with Crippen molar-refractivity contribution in [2.75, 3.05) is 13.2 Å². The molecule has 0 aromatic carbocycles. The smallest absolute Gasteiger partial charge is 0.0649 e. The van der Waals surface area contributed by atoms with Crippen LogP contribution < -0.4 is 0 Å². The van der Waals surface area contributed by atoms with E-state index in [9.17, 15) is 0 Å². The van der Waals surface area contributed by atoms with E-state index in [0.29, 0.717) is 13.2 Å². The molecule has 1 nitrogen and oxygen atoms in total. The standard InChI is InChI=1S/C6H10O.Ge/c1-3-5-7-6-4-2;/h3-4H,1-2,5-6H2;. The van der Waals surface area contributed by atoms with Gasteiger partial charge in [0.2, 0.25) is 0 Å². The van der Waals surface area contributed by atoms with Gasteiger partial charge in [-0.1, -0.05) is 12.2 Å². The molecule has 0 fully saturated rings.